The van der Waals surface area contributed by atoms with Crippen molar-refractivity contribution in [3.63, 3.8) is 0 Å². The molecule has 0 aliphatic rings. The largest absolute Gasteiger partial charge is 0.341 e. The van der Waals surface area contributed by atoms with Crippen molar-refractivity contribution in [2.75, 3.05) is 10.6 Å². The Morgan fingerprint density at radius 1 is 0.698 bits per heavy atom. The highest BCUT2D eigenvalue weighted by Crippen LogP contribution is 2.38. The lowest BCUT2D eigenvalue weighted by Crippen LogP contribution is -2.30. The van der Waals surface area contributed by atoms with E-state index < -0.39 is 17.1 Å². The van der Waals surface area contributed by atoms with Crippen LogP contribution in [0.25, 0.3) is 27.9 Å². The third-order valence-corrected chi connectivity index (χ3v) is 10.3. The molecule has 0 saturated heterocycles. The predicted octanol–water partition coefficient (Wildman–Crippen LogP) is 10.3. The molecule has 0 aliphatic carbocycles. The van der Waals surface area contributed by atoms with Crippen molar-refractivity contribution in [3.05, 3.63) is 179 Å². The third kappa shape index (κ3) is 8.20. The first kappa shape index (κ1) is 35.3. The van der Waals surface area contributed by atoms with Gasteiger partial charge in [-0.1, -0.05) is 96.5 Å². The van der Waals surface area contributed by atoms with Gasteiger partial charge in [-0.15, -0.1) is 11.8 Å². The minimum absolute atomic E-state index is 0.0554. The van der Waals surface area contributed by atoms with Crippen molar-refractivity contribution >= 4 is 80.3 Å². The maximum atomic E-state index is 14.1. The molecule has 0 aliphatic heterocycles. The van der Waals surface area contributed by atoms with Gasteiger partial charge in [0.25, 0.3) is 11.8 Å². The summed E-state index contributed by atoms with van der Waals surface area (Å²) in [5.74, 6) is -1.10. The molecule has 3 amide bonds. The minimum Gasteiger partial charge on any atom is -0.341 e. The van der Waals surface area contributed by atoms with E-state index in [2.05, 4.69) is 45.6 Å². The van der Waals surface area contributed by atoms with Crippen molar-refractivity contribution in [2.45, 2.75) is 23.6 Å². The Morgan fingerprint density at radius 3 is 2.13 bits per heavy atom. The lowest BCUT2D eigenvalue weighted by atomic mass is 10.1. The van der Waals surface area contributed by atoms with Crippen LogP contribution >= 0.6 is 23.4 Å². The Hall–Kier alpha value is -6.09. The molecule has 0 saturated carbocycles. The molecule has 6 aromatic carbocycles. The van der Waals surface area contributed by atoms with Gasteiger partial charge in [-0.05, 0) is 90.9 Å². The van der Waals surface area contributed by atoms with E-state index in [1.54, 1.807) is 60.7 Å². The summed E-state index contributed by atoms with van der Waals surface area (Å²) < 4.78 is 2.28. The van der Waals surface area contributed by atoms with E-state index in [1.165, 1.54) is 11.8 Å². The zero-order chi connectivity index (χ0) is 36.7. The van der Waals surface area contributed by atoms with E-state index >= 15 is 0 Å². The van der Waals surface area contributed by atoms with Crippen LogP contribution in [0, 0.1) is 0 Å². The van der Waals surface area contributed by atoms with Crippen LogP contribution in [0.15, 0.2) is 162 Å². The van der Waals surface area contributed by atoms with Gasteiger partial charge in [-0.25, -0.2) is 0 Å². The number of aromatic nitrogens is 1. The lowest BCUT2D eigenvalue weighted by molar-refractivity contribution is -0.116. The van der Waals surface area contributed by atoms with Gasteiger partial charge in [0.05, 0.1) is 0 Å². The molecule has 0 spiro atoms. The molecule has 262 valence electrons. The summed E-state index contributed by atoms with van der Waals surface area (Å²) >= 11 is 7.46. The van der Waals surface area contributed by atoms with E-state index in [4.69, 9.17) is 11.6 Å². The van der Waals surface area contributed by atoms with E-state index in [0.717, 1.165) is 38.8 Å². The Kier molecular flexibility index (Phi) is 10.7. The number of hydrogen-bond donors (Lipinski definition) is 3. The van der Waals surface area contributed by atoms with E-state index in [1.807, 2.05) is 78.9 Å². The molecule has 7 nitrogen and oxygen atoms in total. The normalized spacial score (nSPS) is 12.0. The summed E-state index contributed by atoms with van der Waals surface area (Å²) in [6, 6.07) is 46.9. The number of thioether (sulfide) groups is 1. The average molecular weight is 735 g/mol. The fraction of sp³-hybridized carbons (Fsp3) is 0.0682. The van der Waals surface area contributed by atoms with Crippen LogP contribution in [0.2, 0.25) is 5.02 Å². The van der Waals surface area contributed by atoms with E-state index in [-0.39, 0.29) is 11.6 Å². The number of hydrogen-bond acceptors (Lipinski definition) is 4. The standard InChI is InChI=1S/C44H35ClN4O3S/c1-2-49-39-19-10-9-18-36(39)37-28-34(24-25-40(37)49)47-44(52)41(30-12-5-3-6-13-30)53-35-17-11-16-33(27-35)46-43(51)38(26-29-20-22-32(45)23-21-29)48-42(50)31-14-7-4-8-15-31/h3-28,41H,2H2,1H3,(H,46,51)(H,47,52)(H,48,50)/b38-26-. The Balaban J connectivity index is 1.13. The van der Waals surface area contributed by atoms with Gasteiger partial charge in [0.2, 0.25) is 5.91 Å². The van der Waals surface area contributed by atoms with Gasteiger partial charge in [-0.3, -0.25) is 14.4 Å². The van der Waals surface area contributed by atoms with Crippen LogP contribution < -0.4 is 16.0 Å². The third-order valence-electron chi connectivity index (χ3n) is 8.75. The van der Waals surface area contributed by atoms with Gasteiger partial charge >= 0.3 is 0 Å². The molecule has 3 N–H and O–H groups in total. The van der Waals surface area contributed by atoms with Crippen molar-refractivity contribution < 1.29 is 14.4 Å². The number of halogens is 1. The fourth-order valence-electron chi connectivity index (χ4n) is 6.23. The molecule has 0 fully saturated rings. The Morgan fingerprint density at radius 2 is 1.38 bits per heavy atom. The maximum absolute atomic E-state index is 14.1. The van der Waals surface area contributed by atoms with E-state index in [9.17, 15) is 14.4 Å². The number of benzene rings is 6. The lowest BCUT2D eigenvalue weighted by Gasteiger charge is -2.18. The zero-order valence-corrected chi connectivity index (χ0v) is 30.3. The van der Waals surface area contributed by atoms with Crippen LogP contribution in [0.1, 0.15) is 33.7 Å². The van der Waals surface area contributed by atoms with Crippen LogP contribution in [0.5, 0.6) is 0 Å². The van der Waals surface area contributed by atoms with Gasteiger partial charge < -0.3 is 20.5 Å². The van der Waals surface area contributed by atoms with Gasteiger partial charge in [0.15, 0.2) is 0 Å². The highest BCUT2D eigenvalue weighted by molar-refractivity contribution is 8.00. The predicted molar refractivity (Wildman–Crippen MR) is 217 cm³/mol. The number of amides is 3. The highest BCUT2D eigenvalue weighted by Gasteiger charge is 2.23. The number of aryl methyl sites for hydroxylation is 1. The van der Waals surface area contributed by atoms with E-state index in [0.29, 0.717) is 27.5 Å². The summed E-state index contributed by atoms with van der Waals surface area (Å²) in [5, 5.41) is 11.0. The second-order valence-corrected chi connectivity index (χ2v) is 13.9. The number of fused-ring (bicyclic) bond motifs is 3. The van der Waals surface area contributed by atoms with Crippen molar-refractivity contribution in [3.8, 4) is 0 Å². The average Bonchev–Trinajstić information content (AvgIpc) is 3.51. The van der Waals surface area contributed by atoms with Crippen molar-refractivity contribution in [1.29, 1.82) is 0 Å². The first-order valence-electron chi connectivity index (χ1n) is 17.1. The molecule has 1 atom stereocenters. The zero-order valence-electron chi connectivity index (χ0n) is 28.8. The Labute approximate surface area is 316 Å². The molecule has 0 bridgehead atoms. The number of carbonyl (C=O) groups is 3. The molecule has 0 radical (unpaired) electrons. The van der Waals surface area contributed by atoms with Gasteiger partial charge in [-0.2, -0.15) is 0 Å². The van der Waals surface area contributed by atoms with Crippen molar-refractivity contribution in [1.82, 2.24) is 9.88 Å². The molecule has 9 heteroatoms. The summed E-state index contributed by atoms with van der Waals surface area (Å²) in [4.78, 5) is 41.7. The second kappa shape index (κ2) is 16.1. The topological polar surface area (TPSA) is 92.2 Å². The number of nitrogens with one attached hydrogen (secondary N) is 3. The smallest absolute Gasteiger partial charge is 0.272 e. The minimum atomic E-state index is -0.597. The first-order chi connectivity index (χ1) is 25.9. The molecule has 7 rings (SSSR count). The summed E-state index contributed by atoms with van der Waals surface area (Å²) in [6.45, 7) is 2.97. The van der Waals surface area contributed by atoms with Crippen LogP contribution in [-0.4, -0.2) is 22.3 Å². The van der Waals surface area contributed by atoms with Crippen LogP contribution in [0.3, 0.4) is 0 Å². The van der Waals surface area contributed by atoms with Gasteiger partial charge in [0.1, 0.15) is 10.9 Å². The molecular formula is C44H35ClN4O3S. The number of rotatable bonds is 11. The van der Waals surface area contributed by atoms with Gasteiger partial charge in [0, 0.05) is 55.2 Å². The highest BCUT2D eigenvalue weighted by atomic mass is 35.5. The number of nitrogens with zero attached hydrogens (tertiary/aromatic N) is 1. The number of carbonyl (C=O) groups excluding carboxylic acids is 3. The number of para-hydroxylation sites is 1. The number of anilines is 2. The van der Waals surface area contributed by atoms with Crippen LogP contribution in [0.4, 0.5) is 11.4 Å². The molecular weight excluding hydrogens is 700 g/mol. The summed E-state index contributed by atoms with van der Waals surface area (Å²) in [7, 11) is 0. The molecule has 1 aromatic heterocycles. The monoisotopic (exact) mass is 734 g/mol. The molecule has 7 aromatic rings. The Bertz CT molecular complexity index is 2460. The fourth-order valence-corrected chi connectivity index (χ4v) is 7.44. The quantitative estimate of drug-likeness (QED) is 0.0911. The molecule has 53 heavy (non-hydrogen) atoms. The maximum Gasteiger partial charge on any atom is 0.272 e. The van der Waals surface area contributed by atoms with Crippen LogP contribution in [-0.2, 0) is 16.1 Å². The second-order valence-electron chi connectivity index (χ2n) is 12.3. The summed E-state index contributed by atoms with van der Waals surface area (Å²) in [5.41, 5.74) is 5.48. The molecule has 1 unspecified atom stereocenters. The summed E-state index contributed by atoms with van der Waals surface area (Å²) in [6.07, 6.45) is 1.60. The first-order valence-corrected chi connectivity index (χ1v) is 18.4. The van der Waals surface area contributed by atoms with Crippen molar-refractivity contribution in [2.24, 2.45) is 0 Å². The molecule has 1 heterocycles. The SMILES string of the molecule is CCn1c2ccccc2c2cc(NC(=O)C(Sc3cccc(NC(=O)/C(=C/c4ccc(Cl)cc4)NC(=O)c4ccccc4)c3)c3ccccc3)ccc21.